The lowest BCUT2D eigenvalue weighted by molar-refractivity contribution is 0.0658. The van der Waals surface area contributed by atoms with Gasteiger partial charge in [0.1, 0.15) is 5.75 Å². The number of rotatable bonds is 5. The molecular weight excluding hydrogens is 507 g/mol. The van der Waals surface area contributed by atoms with E-state index in [1.165, 1.54) is 6.26 Å². The molecule has 1 saturated heterocycles. The number of hydrogen-bond donors (Lipinski definition) is 1. The minimum absolute atomic E-state index is 0. The van der Waals surface area contributed by atoms with Crippen LogP contribution in [0.4, 0.5) is 0 Å². The first kappa shape index (κ1) is 23.3. The van der Waals surface area contributed by atoms with Gasteiger partial charge in [0.2, 0.25) is 0 Å². The van der Waals surface area contributed by atoms with Gasteiger partial charge < -0.3 is 24.3 Å². The number of furan rings is 1. The summed E-state index contributed by atoms with van der Waals surface area (Å²) in [5.74, 6) is 1.89. The van der Waals surface area contributed by atoms with E-state index in [4.69, 9.17) is 20.8 Å². The highest BCUT2D eigenvalue weighted by atomic mass is 127. The molecule has 9 heteroatoms. The lowest BCUT2D eigenvalue weighted by Crippen LogP contribution is -2.54. The Balaban J connectivity index is 0.00000300. The van der Waals surface area contributed by atoms with E-state index in [0.717, 1.165) is 36.8 Å². The van der Waals surface area contributed by atoms with Crippen molar-refractivity contribution in [3.8, 4) is 5.75 Å². The summed E-state index contributed by atoms with van der Waals surface area (Å²) in [6.07, 6.45) is 2.29. The molecule has 0 aliphatic carbocycles. The maximum absolute atomic E-state index is 12.4. The van der Waals surface area contributed by atoms with Crippen LogP contribution in [0.2, 0.25) is 5.02 Å². The minimum Gasteiger partial charge on any atom is -0.497 e. The largest absolute Gasteiger partial charge is 0.497 e. The molecule has 0 unspecified atom stereocenters. The highest BCUT2D eigenvalue weighted by molar-refractivity contribution is 14.0. The first-order valence-corrected chi connectivity index (χ1v) is 9.61. The maximum Gasteiger partial charge on any atom is 0.289 e. The number of ether oxygens (including phenoxy) is 1. The van der Waals surface area contributed by atoms with Crippen LogP contribution in [0.25, 0.3) is 0 Å². The van der Waals surface area contributed by atoms with Crippen molar-refractivity contribution in [3.63, 3.8) is 0 Å². The van der Waals surface area contributed by atoms with E-state index in [0.29, 0.717) is 30.4 Å². The monoisotopic (exact) mass is 532 g/mol. The third-order valence-electron chi connectivity index (χ3n) is 4.75. The first-order valence-electron chi connectivity index (χ1n) is 9.23. The van der Waals surface area contributed by atoms with Gasteiger partial charge in [-0.15, -0.1) is 24.0 Å². The second-order valence-electron chi connectivity index (χ2n) is 6.44. The first-order chi connectivity index (χ1) is 13.6. The number of nitrogens with zero attached hydrogens (tertiary/aromatic N) is 3. The van der Waals surface area contributed by atoms with E-state index < -0.39 is 0 Å². The van der Waals surface area contributed by atoms with Gasteiger partial charge in [-0.25, -0.2) is 0 Å². The number of aliphatic imine (C=N–C) groups is 1. The molecule has 1 aromatic heterocycles. The Morgan fingerprint density at radius 1 is 1.24 bits per heavy atom. The molecule has 1 N–H and O–H groups in total. The third-order valence-corrected chi connectivity index (χ3v) is 5.10. The Kier molecular flexibility index (Phi) is 9.09. The van der Waals surface area contributed by atoms with Gasteiger partial charge >= 0.3 is 0 Å². The molecule has 0 spiro atoms. The number of guanidine groups is 1. The minimum atomic E-state index is -0.0678. The highest BCUT2D eigenvalue weighted by Crippen LogP contribution is 2.22. The Morgan fingerprint density at radius 3 is 2.55 bits per heavy atom. The number of piperazine rings is 1. The number of amides is 1. The summed E-state index contributed by atoms with van der Waals surface area (Å²) in [4.78, 5) is 20.7. The maximum atomic E-state index is 12.4. The number of benzene rings is 1. The summed E-state index contributed by atoms with van der Waals surface area (Å²) >= 11 is 6.30. The molecule has 29 heavy (non-hydrogen) atoms. The molecule has 0 radical (unpaired) electrons. The molecule has 1 aliphatic rings. The summed E-state index contributed by atoms with van der Waals surface area (Å²) < 4.78 is 10.4. The van der Waals surface area contributed by atoms with Gasteiger partial charge in [0.15, 0.2) is 11.7 Å². The molecule has 0 bridgehead atoms. The molecule has 158 valence electrons. The van der Waals surface area contributed by atoms with Crippen molar-refractivity contribution < 1.29 is 13.9 Å². The zero-order valence-electron chi connectivity index (χ0n) is 16.6. The molecular formula is C20H26ClIN4O3. The van der Waals surface area contributed by atoms with Crippen LogP contribution in [0.15, 0.2) is 46.0 Å². The molecule has 2 aromatic rings. The van der Waals surface area contributed by atoms with E-state index in [9.17, 15) is 4.79 Å². The Labute approximate surface area is 193 Å². The van der Waals surface area contributed by atoms with Crippen molar-refractivity contribution in [1.29, 1.82) is 0 Å². The van der Waals surface area contributed by atoms with Crippen LogP contribution in [-0.2, 0) is 6.42 Å². The number of nitrogens with one attached hydrogen (secondary N) is 1. The SMILES string of the molecule is CN=C(NCCc1ccc(OC)cc1Cl)N1CCN(C(=O)c2ccco2)CC1.I. The van der Waals surface area contributed by atoms with Gasteiger partial charge in [0, 0.05) is 44.8 Å². The average Bonchev–Trinajstić information content (AvgIpc) is 3.27. The van der Waals surface area contributed by atoms with Gasteiger partial charge in [-0.2, -0.15) is 0 Å². The summed E-state index contributed by atoms with van der Waals surface area (Å²) in [7, 11) is 3.39. The lowest BCUT2D eigenvalue weighted by Gasteiger charge is -2.36. The van der Waals surface area contributed by atoms with Crippen molar-refractivity contribution in [2.45, 2.75) is 6.42 Å². The van der Waals surface area contributed by atoms with Crippen LogP contribution >= 0.6 is 35.6 Å². The van der Waals surface area contributed by atoms with Crippen LogP contribution < -0.4 is 10.1 Å². The van der Waals surface area contributed by atoms with Crippen molar-refractivity contribution in [2.24, 2.45) is 4.99 Å². The summed E-state index contributed by atoms with van der Waals surface area (Å²) in [5.41, 5.74) is 1.05. The van der Waals surface area contributed by atoms with Gasteiger partial charge in [-0.1, -0.05) is 17.7 Å². The second-order valence-corrected chi connectivity index (χ2v) is 6.85. The zero-order chi connectivity index (χ0) is 19.9. The Hall–Kier alpha value is -1.94. The number of carbonyl (C=O) groups is 1. The zero-order valence-corrected chi connectivity index (χ0v) is 19.6. The van der Waals surface area contributed by atoms with E-state index in [2.05, 4.69) is 15.2 Å². The predicted molar refractivity (Wildman–Crippen MR) is 125 cm³/mol. The van der Waals surface area contributed by atoms with Gasteiger partial charge in [-0.3, -0.25) is 9.79 Å². The summed E-state index contributed by atoms with van der Waals surface area (Å²) in [5, 5.41) is 4.07. The van der Waals surface area contributed by atoms with Crippen molar-refractivity contribution in [3.05, 3.63) is 52.9 Å². The molecule has 1 aliphatic heterocycles. The summed E-state index contributed by atoms with van der Waals surface area (Å²) in [6.45, 7) is 3.41. The molecule has 2 heterocycles. The molecule has 7 nitrogen and oxygen atoms in total. The van der Waals surface area contributed by atoms with Crippen LogP contribution in [0.1, 0.15) is 16.1 Å². The van der Waals surface area contributed by atoms with Gasteiger partial charge in [-0.05, 0) is 36.2 Å². The smallest absolute Gasteiger partial charge is 0.289 e. The topological polar surface area (TPSA) is 70.3 Å². The predicted octanol–water partition coefficient (Wildman–Crippen LogP) is 3.14. The summed E-state index contributed by atoms with van der Waals surface area (Å²) in [6, 6.07) is 9.13. The second kappa shape index (κ2) is 11.3. The van der Waals surface area contributed by atoms with Gasteiger partial charge in [0.05, 0.1) is 13.4 Å². The quantitative estimate of drug-likeness (QED) is 0.364. The van der Waals surface area contributed by atoms with E-state index >= 15 is 0 Å². The highest BCUT2D eigenvalue weighted by Gasteiger charge is 2.25. The molecule has 1 aromatic carbocycles. The third kappa shape index (κ3) is 6.02. The molecule has 3 rings (SSSR count). The van der Waals surface area contributed by atoms with Gasteiger partial charge in [0.25, 0.3) is 5.91 Å². The van der Waals surface area contributed by atoms with Crippen molar-refractivity contribution >= 4 is 47.4 Å². The number of methoxy groups -OCH3 is 1. The Bertz CT molecular complexity index is 821. The normalized spacial score (nSPS) is 14.4. The van der Waals surface area contributed by atoms with Crippen LogP contribution in [0, 0.1) is 0 Å². The van der Waals surface area contributed by atoms with E-state index in [1.54, 1.807) is 31.2 Å². The molecule has 0 atom stereocenters. The molecule has 1 fully saturated rings. The van der Waals surface area contributed by atoms with E-state index in [-0.39, 0.29) is 29.9 Å². The van der Waals surface area contributed by atoms with Crippen LogP contribution in [0.3, 0.4) is 0 Å². The number of hydrogen-bond acceptors (Lipinski definition) is 4. The molecule has 0 saturated carbocycles. The van der Waals surface area contributed by atoms with Crippen molar-refractivity contribution in [2.75, 3.05) is 46.9 Å². The van der Waals surface area contributed by atoms with Crippen LogP contribution in [0.5, 0.6) is 5.75 Å². The number of halogens is 2. The number of carbonyl (C=O) groups excluding carboxylic acids is 1. The molecule has 1 amide bonds. The van der Waals surface area contributed by atoms with E-state index in [1.807, 2.05) is 18.2 Å². The fraction of sp³-hybridized carbons (Fsp3) is 0.400. The fourth-order valence-corrected chi connectivity index (χ4v) is 3.44. The average molecular weight is 533 g/mol. The fourth-order valence-electron chi connectivity index (χ4n) is 3.18. The van der Waals surface area contributed by atoms with Crippen molar-refractivity contribution in [1.82, 2.24) is 15.1 Å². The lowest BCUT2D eigenvalue weighted by atomic mass is 10.1. The van der Waals surface area contributed by atoms with Crippen LogP contribution in [-0.4, -0.2) is 68.5 Å². The Morgan fingerprint density at radius 2 is 1.97 bits per heavy atom. The standard InChI is InChI=1S/C20H25ClN4O3.HI/c1-22-20(23-8-7-15-5-6-16(27-2)14-17(15)21)25-11-9-24(10-12-25)19(26)18-4-3-13-28-18;/h3-6,13-14H,7-12H2,1-2H3,(H,22,23);1H.